The minimum absolute atomic E-state index is 0. The quantitative estimate of drug-likeness (QED) is 0.219. The third-order valence-corrected chi connectivity index (χ3v) is 4.12. The highest BCUT2D eigenvalue weighted by molar-refractivity contribution is 14.0. The van der Waals surface area contributed by atoms with Gasteiger partial charge in [0, 0.05) is 36.2 Å². The number of carbonyl (C=O) groups excluding carboxylic acids is 1. The molecular formula is C17H26BrIN4O. The van der Waals surface area contributed by atoms with Gasteiger partial charge in [-0.3, -0.25) is 9.79 Å². The van der Waals surface area contributed by atoms with Crippen molar-refractivity contribution in [3.63, 3.8) is 0 Å². The van der Waals surface area contributed by atoms with E-state index >= 15 is 0 Å². The number of guanidine groups is 1. The Hall–Kier alpha value is -0.830. The number of halogens is 2. The van der Waals surface area contributed by atoms with Crippen LogP contribution in [0.5, 0.6) is 0 Å². The van der Waals surface area contributed by atoms with Gasteiger partial charge in [0.25, 0.3) is 5.91 Å². The molecule has 1 aliphatic carbocycles. The summed E-state index contributed by atoms with van der Waals surface area (Å²) in [5.41, 5.74) is 0.681. The van der Waals surface area contributed by atoms with Crippen molar-refractivity contribution in [2.24, 2.45) is 10.9 Å². The molecule has 0 bridgehead atoms. The normalized spacial score (nSPS) is 13.8. The Bertz CT molecular complexity index is 532. The zero-order valence-electron chi connectivity index (χ0n) is 14.0. The van der Waals surface area contributed by atoms with Crippen LogP contribution < -0.4 is 16.0 Å². The van der Waals surface area contributed by atoms with E-state index < -0.39 is 0 Å². The van der Waals surface area contributed by atoms with Crippen molar-refractivity contribution >= 4 is 51.8 Å². The van der Waals surface area contributed by atoms with Crippen molar-refractivity contribution in [2.75, 3.05) is 26.2 Å². The molecule has 0 unspecified atom stereocenters. The summed E-state index contributed by atoms with van der Waals surface area (Å²) in [5.74, 6) is 1.63. The molecule has 0 aliphatic heterocycles. The number of nitrogens with one attached hydrogen (secondary N) is 3. The standard InChI is InChI=1S/C17H25BrN4O.HI/c1-2-19-17(22-12-13-4-5-13)21-11-3-10-20-16(23)14-6-8-15(18)9-7-14;/h6-9,13H,2-5,10-12H2,1H3,(H,20,23)(H2,19,21,22);1H. The maximum absolute atomic E-state index is 12.0. The lowest BCUT2D eigenvalue weighted by Crippen LogP contribution is -2.39. The maximum Gasteiger partial charge on any atom is 0.251 e. The molecule has 5 nitrogen and oxygen atoms in total. The Morgan fingerprint density at radius 1 is 1.17 bits per heavy atom. The lowest BCUT2D eigenvalue weighted by atomic mass is 10.2. The largest absolute Gasteiger partial charge is 0.357 e. The zero-order chi connectivity index (χ0) is 16.5. The molecule has 0 heterocycles. The second-order valence-electron chi connectivity index (χ2n) is 5.71. The van der Waals surface area contributed by atoms with Crippen molar-refractivity contribution in [1.29, 1.82) is 0 Å². The van der Waals surface area contributed by atoms with Gasteiger partial charge in [0.2, 0.25) is 0 Å². The molecular weight excluding hydrogens is 483 g/mol. The van der Waals surface area contributed by atoms with Gasteiger partial charge in [0.15, 0.2) is 5.96 Å². The number of rotatable bonds is 8. The molecule has 1 aromatic rings. The van der Waals surface area contributed by atoms with Gasteiger partial charge in [-0.25, -0.2) is 0 Å². The van der Waals surface area contributed by atoms with E-state index in [-0.39, 0.29) is 29.9 Å². The van der Waals surface area contributed by atoms with Crippen LogP contribution in [0.2, 0.25) is 0 Å². The first-order valence-corrected chi connectivity index (χ1v) is 9.04. The van der Waals surface area contributed by atoms with Gasteiger partial charge in [-0.2, -0.15) is 0 Å². The fourth-order valence-corrected chi connectivity index (χ4v) is 2.33. The maximum atomic E-state index is 12.0. The number of carbonyl (C=O) groups is 1. The predicted octanol–water partition coefficient (Wildman–Crippen LogP) is 3.15. The molecule has 1 amide bonds. The average molecular weight is 509 g/mol. The van der Waals surface area contributed by atoms with Crippen LogP contribution in [-0.2, 0) is 0 Å². The van der Waals surface area contributed by atoms with E-state index in [1.807, 2.05) is 24.3 Å². The monoisotopic (exact) mass is 508 g/mol. The van der Waals surface area contributed by atoms with Crippen LogP contribution >= 0.6 is 39.9 Å². The van der Waals surface area contributed by atoms with Crippen molar-refractivity contribution in [2.45, 2.75) is 26.2 Å². The molecule has 3 N–H and O–H groups in total. The number of hydrogen-bond acceptors (Lipinski definition) is 2. The predicted molar refractivity (Wildman–Crippen MR) is 113 cm³/mol. The summed E-state index contributed by atoms with van der Waals surface area (Å²) in [4.78, 5) is 16.5. The summed E-state index contributed by atoms with van der Waals surface area (Å²) in [6.45, 7) is 5.26. The van der Waals surface area contributed by atoms with Crippen LogP contribution in [0.15, 0.2) is 33.7 Å². The van der Waals surface area contributed by atoms with Gasteiger partial charge in [-0.05, 0) is 56.4 Å². The van der Waals surface area contributed by atoms with Crippen LogP contribution in [0.1, 0.15) is 36.5 Å². The molecule has 1 fully saturated rings. The number of benzene rings is 1. The highest BCUT2D eigenvalue weighted by Gasteiger charge is 2.20. The molecule has 2 rings (SSSR count). The van der Waals surface area contributed by atoms with E-state index in [0.717, 1.165) is 42.4 Å². The number of aliphatic imine (C=N–C) groups is 1. The van der Waals surface area contributed by atoms with Crippen LogP contribution in [-0.4, -0.2) is 38.0 Å². The van der Waals surface area contributed by atoms with Crippen molar-refractivity contribution in [1.82, 2.24) is 16.0 Å². The molecule has 24 heavy (non-hydrogen) atoms. The molecule has 1 aliphatic rings. The Labute approximate surface area is 169 Å². The number of amides is 1. The SMILES string of the molecule is CCNC(=NCC1CC1)NCCCNC(=O)c1ccc(Br)cc1.I. The van der Waals surface area contributed by atoms with Crippen molar-refractivity contribution in [3.05, 3.63) is 34.3 Å². The molecule has 0 radical (unpaired) electrons. The summed E-state index contributed by atoms with van der Waals surface area (Å²) in [6.07, 6.45) is 3.48. The molecule has 7 heteroatoms. The molecule has 1 saturated carbocycles. The molecule has 0 aromatic heterocycles. The third-order valence-electron chi connectivity index (χ3n) is 3.59. The highest BCUT2D eigenvalue weighted by Crippen LogP contribution is 2.28. The minimum Gasteiger partial charge on any atom is -0.357 e. The smallest absolute Gasteiger partial charge is 0.251 e. The number of hydrogen-bond donors (Lipinski definition) is 3. The summed E-state index contributed by atoms with van der Waals surface area (Å²) in [6, 6.07) is 7.36. The van der Waals surface area contributed by atoms with Gasteiger partial charge < -0.3 is 16.0 Å². The van der Waals surface area contributed by atoms with Crippen LogP contribution in [0.25, 0.3) is 0 Å². The average Bonchev–Trinajstić information content (AvgIpc) is 3.37. The molecule has 0 spiro atoms. The first kappa shape index (κ1) is 21.2. The summed E-state index contributed by atoms with van der Waals surface area (Å²) in [5, 5.41) is 9.48. The van der Waals surface area contributed by atoms with E-state index in [9.17, 15) is 4.79 Å². The first-order chi connectivity index (χ1) is 11.2. The second kappa shape index (κ2) is 11.7. The molecule has 0 saturated heterocycles. The zero-order valence-corrected chi connectivity index (χ0v) is 17.9. The molecule has 1 aromatic carbocycles. The lowest BCUT2D eigenvalue weighted by molar-refractivity contribution is 0.0953. The van der Waals surface area contributed by atoms with Gasteiger partial charge in [-0.15, -0.1) is 24.0 Å². The topological polar surface area (TPSA) is 65.5 Å². The van der Waals surface area contributed by atoms with Gasteiger partial charge in [0.05, 0.1) is 0 Å². The molecule has 0 atom stereocenters. The highest BCUT2D eigenvalue weighted by atomic mass is 127. The fraction of sp³-hybridized carbons (Fsp3) is 0.529. The van der Waals surface area contributed by atoms with E-state index in [0.29, 0.717) is 12.1 Å². The van der Waals surface area contributed by atoms with Crippen LogP contribution in [0.4, 0.5) is 0 Å². The lowest BCUT2D eigenvalue weighted by Gasteiger charge is -2.11. The summed E-state index contributed by atoms with van der Waals surface area (Å²) < 4.78 is 0.972. The van der Waals surface area contributed by atoms with Crippen molar-refractivity contribution in [3.8, 4) is 0 Å². The van der Waals surface area contributed by atoms with Gasteiger partial charge in [0.1, 0.15) is 0 Å². The van der Waals surface area contributed by atoms with Crippen LogP contribution in [0, 0.1) is 5.92 Å². The fourth-order valence-electron chi connectivity index (χ4n) is 2.06. The first-order valence-electron chi connectivity index (χ1n) is 8.25. The minimum atomic E-state index is -0.0354. The van der Waals surface area contributed by atoms with Crippen molar-refractivity contribution < 1.29 is 4.79 Å². The summed E-state index contributed by atoms with van der Waals surface area (Å²) in [7, 11) is 0. The van der Waals surface area contributed by atoms with E-state index in [1.165, 1.54) is 12.8 Å². The Morgan fingerprint density at radius 3 is 2.46 bits per heavy atom. The van der Waals surface area contributed by atoms with Crippen LogP contribution in [0.3, 0.4) is 0 Å². The van der Waals surface area contributed by atoms with Gasteiger partial charge >= 0.3 is 0 Å². The molecule has 134 valence electrons. The van der Waals surface area contributed by atoms with E-state index in [2.05, 4.69) is 43.8 Å². The Kier molecular flexibility index (Phi) is 10.3. The Morgan fingerprint density at radius 2 is 1.83 bits per heavy atom. The second-order valence-corrected chi connectivity index (χ2v) is 6.62. The van der Waals surface area contributed by atoms with Gasteiger partial charge in [-0.1, -0.05) is 15.9 Å². The third kappa shape index (κ3) is 8.32. The Balaban J connectivity index is 0.00000288. The van der Waals surface area contributed by atoms with E-state index in [4.69, 9.17) is 0 Å². The van der Waals surface area contributed by atoms with E-state index in [1.54, 1.807) is 0 Å². The summed E-state index contributed by atoms with van der Waals surface area (Å²) >= 11 is 3.36. The number of nitrogens with zero attached hydrogens (tertiary/aromatic N) is 1.